The zero-order chi connectivity index (χ0) is 19.3. The number of carbonyl (C=O) groups excluding carboxylic acids is 2. The Morgan fingerprint density at radius 1 is 1.22 bits per heavy atom. The summed E-state index contributed by atoms with van der Waals surface area (Å²) in [6.07, 6.45) is 7.65. The van der Waals surface area contributed by atoms with Crippen LogP contribution < -0.4 is 5.32 Å². The summed E-state index contributed by atoms with van der Waals surface area (Å²) in [6.45, 7) is 2.48. The van der Waals surface area contributed by atoms with Crippen molar-refractivity contribution in [3.63, 3.8) is 0 Å². The Kier molecular flexibility index (Phi) is 6.59. The lowest BCUT2D eigenvalue weighted by Crippen LogP contribution is -2.37. The van der Waals surface area contributed by atoms with Gasteiger partial charge >= 0.3 is 0 Å². The number of aryl methyl sites for hydroxylation is 1. The summed E-state index contributed by atoms with van der Waals surface area (Å²) in [4.78, 5) is 35.7. The van der Waals surface area contributed by atoms with Crippen molar-refractivity contribution in [3.05, 3.63) is 27.7 Å². The lowest BCUT2D eigenvalue weighted by atomic mass is 9.69. The minimum absolute atomic E-state index is 0.0440. The van der Waals surface area contributed by atoms with Crippen molar-refractivity contribution in [2.75, 3.05) is 12.4 Å². The van der Waals surface area contributed by atoms with E-state index in [4.69, 9.17) is 0 Å². The molecule has 1 N–H and O–H groups in total. The molecule has 0 spiro atoms. The van der Waals surface area contributed by atoms with E-state index < -0.39 is 0 Å². The summed E-state index contributed by atoms with van der Waals surface area (Å²) < 4.78 is 0. The van der Waals surface area contributed by atoms with Crippen LogP contribution in [0.3, 0.4) is 0 Å². The van der Waals surface area contributed by atoms with Gasteiger partial charge in [0.25, 0.3) is 0 Å². The Hall–Kier alpha value is -1.80. The highest BCUT2D eigenvalue weighted by molar-refractivity contribution is 7.13. The molecule has 0 bridgehead atoms. The van der Waals surface area contributed by atoms with Crippen molar-refractivity contribution >= 4 is 39.6 Å². The van der Waals surface area contributed by atoms with Gasteiger partial charge in [0.2, 0.25) is 11.8 Å². The first-order valence-electron chi connectivity index (χ1n) is 9.30. The minimum atomic E-state index is -0.247. The molecule has 1 fully saturated rings. The number of nitrogens with one attached hydrogen (secondary N) is 1. The zero-order valence-electron chi connectivity index (χ0n) is 15.9. The van der Waals surface area contributed by atoms with Gasteiger partial charge in [-0.25, -0.2) is 9.97 Å². The quantitative estimate of drug-likeness (QED) is 0.746. The summed E-state index contributed by atoms with van der Waals surface area (Å²) >= 11 is 3.01. The number of thiazole rings is 2. The van der Waals surface area contributed by atoms with E-state index in [1.807, 2.05) is 24.7 Å². The van der Waals surface area contributed by atoms with Crippen LogP contribution in [0.25, 0.3) is 0 Å². The van der Waals surface area contributed by atoms with Crippen LogP contribution in [-0.2, 0) is 16.1 Å². The van der Waals surface area contributed by atoms with Crippen LogP contribution in [0.2, 0.25) is 0 Å². The number of hydrogen-bond donors (Lipinski definition) is 1. The van der Waals surface area contributed by atoms with Crippen LogP contribution in [0, 0.1) is 12.3 Å². The van der Waals surface area contributed by atoms with Crippen LogP contribution in [0.5, 0.6) is 0 Å². The van der Waals surface area contributed by atoms with E-state index in [9.17, 15) is 9.59 Å². The highest BCUT2D eigenvalue weighted by Crippen LogP contribution is 2.43. The van der Waals surface area contributed by atoms with Crippen LogP contribution >= 0.6 is 22.7 Å². The molecular weight excluding hydrogens is 380 g/mol. The molecule has 0 saturated heterocycles. The number of carbonyl (C=O) groups is 2. The Bertz CT molecular complexity index is 767. The molecule has 0 atom stereocenters. The monoisotopic (exact) mass is 406 g/mol. The lowest BCUT2D eigenvalue weighted by Gasteiger charge is -2.37. The van der Waals surface area contributed by atoms with Gasteiger partial charge in [0.1, 0.15) is 0 Å². The second-order valence-corrected chi connectivity index (χ2v) is 9.36. The van der Waals surface area contributed by atoms with Crippen molar-refractivity contribution in [3.8, 4) is 0 Å². The summed E-state index contributed by atoms with van der Waals surface area (Å²) in [5.41, 5.74) is 0.677. The van der Waals surface area contributed by atoms with Gasteiger partial charge in [0.15, 0.2) is 5.13 Å². The lowest BCUT2D eigenvalue weighted by molar-refractivity contribution is -0.134. The summed E-state index contributed by atoms with van der Waals surface area (Å²) in [5.74, 6) is 0.0435. The van der Waals surface area contributed by atoms with Crippen molar-refractivity contribution < 1.29 is 9.59 Å². The number of rotatable bonds is 7. The fourth-order valence-corrected chi connectivity index (χ4v) is 4.92. The third kappa shape index (κ3) is 5.59. The number of aromatic nitrogens is 2. The van der Waals surface area contributed by atoms with Gasteiger partial charge in [0, 0.05) is 36.8 Å². The minimum Gasteiger partial charge on any atom is -0.340 e. The number of nitrogens with zero attached hydrogens (tertiary/aromatic N) is 3. The van der Waals surface area contributed by atoms with Crippen LogP contribution in [-0.4, -0.2) is 33.7 Å². The molecule has 1 aliphatic carbocycles. The molecular formula is C19H26N4O2S2. The van der Waals surface area contributed by atoms with Crippen LogP contribution in [0.1, 0.15) is 55.6 Å². The molecule has 1 aliphatic rings. The maximum Gasteiger partial charge on any atom is 0.226 e. The van der Waals surface area contributed by atoms with Gasteiger partial charge in [-0.2, -0.15) is 0 Å². The van der Waals surface area contributed by atoms with E-state index in [0.717, 1.165) is 36.4 Å². The van der Waals surface area contributed by atoms with Gasteiger partial charge in [0.05, 0.1) is 17.2 Å². The van der Waals surface area contributed by atoms with E-state index in [2.05, 4.69) is 15.3 Å². The molecule has 8 heteroatoms. The third-order valence-corrected chi connectivity index (χ3v) is 6.66. The first kappa shape index (κ1) is 19.9. The van der Waals surface area contributed by atoms with Crippen molar-refractivity contribution in [1.29, 1.82) is 0 Å². The maximum atomic E-state index is 12.9. The van der Waals surface area contributed by atoms with E-state index >= 15 is 0 Å². The molecule has 3 rings (SSSR count). The Labute approximate surface area is 168 Å². The molecule has 146 valence electrons. The Morgan fingerprint density at radius 2 is 2.00 bits per heavy atom. The second-order valence-electron chi connectivity index (χ2n) is 7.41. The second kappa shape index (κ2) is 8.93. The predicted octanol–water partition coefficient (Wildman–Crippen LogP) is 4.24. The average molecular weight is 407 g/mol. The third-order valence-electron chi connectivity index (χ3n) is 5.15. The average Bonchev–Trinajstić information content (AvgIpc) is 3.27. The molecule has 2 aromatic rings. The highest BCUT2D eigenvalue weighted by atomic mass is 32.1. The molecule has 2 aromatic heterocycles. The largest absolute Gasteiger partial charge is 0.340 e. The SMILES string of the molecule is Cc1nc(CN(C)C(=O)CC2(CC(=O)Nc3nccs3)CCCCC2)cs1. The van der Waals surface area contributed by atoms with Gasteiger partial charge in [-0.3, -0.25) is 9.59 Å². The summed E-state index contributed by atoms with van der Waals surface area (Å²) in [7, 11) is 1.82. The summed E-state index contributed by atoms with van der Waals surface area (Å²) in [6, 6.07) is 0. The van der Waals surface area contributed by atoms with Crippen LogP contribution in [0.15, 0.2) is 17.0 Å². The van der Waals surface area contributed by atoms with Crippen LogP contribution in [0.4, 0.5) is 5.13 Å². The summed E-state index contributed by atoms with van der Waals surface area (Å²) in [5, 5.41) is 8.34. The molecule has 1 saturated carbocycles. The molecule has 2 amide bonds. The zero-order valence-corrected chi connectivity index (χ0v) is 17.5. The van der Waals surface area contributed by atoms with E-state index in [0.29, 0.717) is 24.5 Å². The first-order valence-corrected chi connectivity index (χ1v) is 11.1. The fourth-order valence-electron chi connectivity index (χ4n) is 3.77. The van der Waals surface area contributed by atoms with Crippen molar-refractivity contribution in [1.82, 2.24) is 14.9 Å². The Balaban J connectivity index is 1.62. The molecule has 0 aliphatic heterocycles. The molecule has 0 unspecified atom stereocenters. The number of amides is 2. The molecule has 6 nitrogen and oxygen atoms in total. The van der Waals surface area contributed by atoms with E-state index in [-0.39, 0.29) is 17.2 Å². The smallest absolute Gasteiger partial charge is 0.226 e. The predicted molar refractivity (Wildman–Crippen MR) is 109 cm³/mol. The maximum absolute atomic E-state index is 12.9. The normalized spacial score (nSPS) is 16.1. The van der Waals surface area contributed by atoms with Gasteiger partial charge in [-0.05, 0) is 25.2 Å². The molecule has 2 heterocycles. The number of anilines is 1. The first-order chi connectivity index (χ1) is 13.0. The fraction of sp³-hybridized carbons (Fsp3) is 0.579. The van der Waals surface area contributed by atoms with Crippen molar-refractivity contribution in [2.45, 2.75) is 58.4 Å². The van der Waals surface area contributed by atoms with Gasteiger partial charge in [-0.15, -0.1) is 22.7 Å². The molecule has 0 radical (unpaired) electrons. The van der Waals surface area contributed by atoms with Gasteiger partial charge in [-0.1, -0.05) is 19.3 Å². The molecule has 27 heavy (non-hydrogen) atoms. The van der Waals surface area contributed by atoms with Gasteiger partial charge < -0.3 is 10.2 Å². The standard InChI is InChI=1S/C19H26N4O2S2/c1-14-21-15(13-27-14)12-23(2)17(25)11-19(6-4-3-5-7-19)10-16(24)22-18-20-8-9-26-18/h8-9,13H,3-7,10-12H2,1-2H3,(H,20,22,24). The Morgan fingerprint density at radius 3 is 2.63 bits per heavy atom. The number of hydrogen-bond acceptors (Lipinski definition) is 6. The van der Waals surface area contributed by atoms with E-state index in [1.165, 1.54) is 17.8 Å². The highest BCUT2D eigenvalue weighted by Gasteiger charge is 2.37. The van der Waals surface area contributed by atoms with E-state index in [1.54, 1.807) is 22.4 Å². The topological polar surface area (TPSA) is 75.2 Å². The van der Waals surface area contributed by atoms with Crippen molar-refractivity contribution in [2.24, 2.45) is 5.41 Å². The molecule has 0 aromatic carbocycles.